The summed E-state index contributed by atoms with van der Waals surface area (Å²) in [4.78, 5) is 0. The van der Waals surface area contributed by atoms with Crippen molar-refractivity contribution in [1.29, 1.82) is 0 Å². The second-order valence-corrected chi connectivity index (χ2v) is 3.64. The number of aliphatic hydroxyl groups is 1. The van der Waals surface area contributed by atoms with Gasteiger partial charge in [-0.2, -0.15) is 0 Å². The summed E-state index contributed by atoms with van der Waals surface area (Å²) in [7, 11) is 0. The quantitative estimate of drug-likeness (QED) is 0.701. The molecule has 3 heteroatoms. The van der Waals surface area contributed by atoms with Gasteiger partial charge < -0.3 is 14.6 Å². The maximum absolute atomic E-state index is 8.64. The van der Waals surface area contributed by atoms with E-state index in [0.29, 0.717) is 0 Å². The van der Waals surface area contributed by atoms with E-state index in [1.54, 1.807) is 0 Å². The number of hydrogen-bond acceptors (Lipinski definition) is 3. The number of rotatable bonds is 3. The molecule has 1 atom stereocenters. The van der Waals surface area contributed by atoms with Gasteiger partial charge in [-0.15, -0.1) is 0 Å². The van der Waals surface area contributed by atoms with Gasteiger partial charge in [0.1, 0.15) is 0 Å². The van der Waals surface area contributed by atoms with E-state index in [-0.39, 0.29) is 12.7 Å². The Bertz CT molecular complexity index is 134. The zero-order valence-corrected chi connectivity index (χ0v) is 7.88. The van der Waals surface area contributed by atoms with Crippen LogP contribution in [0.25, 0.3) is 0 Å². The summed E-state index contributed by atoms with van der Waals surface area (Å²) in [6.07, 6.45) is 2.97. The standard InChI is InChI=1S/C9H18O3/c1-9(2)11-7-5-8(12-9)4-3-6-10/h8,10H,3-7H2,1-2H3/t8-/m0/s1. The van der Waals surface area contributed by atoms with Crippen LogP contribution in [0, 0.1) is 0 Å². The van der Waals surface area contributed by atoms with E-state index in [0.717, 1.165) is 25.9 Å². The fourth-order valence-electron chi connectivity index (χ4n) is 1.45. The minimum absolute atomic E-state index is 0.251. The van der Waals surface area contributed by atoms with Crippen LogP contribution in [0.2, 0.25) is 0 Å². The molecule has 1 aliphatic heterocycles. The molecule has 0 amide bonds. The first-order valence-electron chi connectivity index (χ1n) is 4.57. The molecule has 1 heterocycles. The Morgan fingerprint density at radius 2 is 2.25 bits per heavy atom. The maximum atomic E-state index is 8.64. The van der Waals surface area contributed by atoms with Gasteiger partial charge in [-0.25, -0.2) is 0 Å². The summed E-state index contributed by atoms with van der Waals surface area (Å²) in [6.45, 7) is 4.88. The second-order valence-electron chi connectivity index (χ2n) is 3.64. The van der Waals surface area contributed by atoms with Gasteiger partial charge in [-0.3, -0.25) is 0 Å². The van der Waals surface area contributed by atoms with E-state index in [1.807, 2.05) is 13.8 Å². The van der Waals surface area contributed by atoms with Gasteiger partial charge in [0.25, 0.3) is 0 Å². The van der Waals surface area contributed by atoms with Gasteiger partial charge in [0.15, 0.2) is 5.79 Å². The van der Waals surface area contributed by atoms with Gasteiger partial charge >= 0.3 is 0 Å². The normalized spacial score (nSPS) is 28.8. The molecular weight excluding hydrogens is 156 g/mol. The summed E-state index contributed by atoms with van der Waals surface area (Å²) >= 11 is 0. The van der Waals surface area contributed by atoms with Crippen molar-refractivity contribution in [2.75, 3.05) is 13.2 Å². The van der Waals surface area contributed by atoms with Crippen LogP contribution < -0.4 is 0 Å². The number of hydrogen-bond donors (Lipinski definition) is 1. The molecule has 0 unspecified atom stereocenters. The molecule has 1 saturated heterocycles. The molecule has 0 saturated carbocycles. The van der Waals surface area contributed by atoms with Crippen molar-refractivity contribution < 1.29 is 14.6 Å². The van der Waals surface area contributed by atoms with Crippen molar-refractivity contribution in [2.24, 2.45) is 0 Å². The predicted octanol–water partition coefficient (Wildman–Crippen LogP) is 1.30. The van der Waals surface area contributed by atoms with Crippen LogP contribution >= 0.6 is 0 Å². The summed E-state index contributed by atoms with van der Waals surface area (Å²) in [5.41, 5.74) is 0. The Labute approximate surface area is 73.7 Å². The van der Waals surface area contributed by atoms with Crippen LogP contribution in [0.3, 0.4) is 0 Å². The van der Waals surface area contributed by atoms with Crippen LogP contribution in [0.1, 0.15) is 33.1 Å². The van der Waals surface area contributed by atoms with E-state index >= 15 is 0 Å². The van der Waals surface area contributed by atoms with Crippen LogP contribution in [-0.4, -0.2) is 30.2 Å². The van der Waals surface area contributed by atoms with Gasteiger partial charge in [0.2, 0.25) is 0 Å². The number of ether oxygens (including phenoxy) is 2. The molecule has 1 N–H and O–H groups in total. The van der Waals surface area contributed by atoms with Crippen molar-refractivity contribution in [3.05, 3.63) is 0 Å². The highest BCUT2D eigenvalue weighted by atomic mass is 16.7. The smallest absolute Gasteiger partial charge is 0.163 e. The first-order valence-corrected chi connectivity index (χ1v) is 4.57. The Balaban J connectivity index is 2.26. The summed E-state index contributed by atoms with van der Waals surface area (Å²) in [5, 5.41) is 8.64. The lowest BCUT2D eigenvalue weighted by Gasteiger charge is -2.36. The van der Waals surface area contributed by atoms with Gasteiger partial charge in [-0.1, -0.05) is 0 Å². The summed E-state index contributed by atoms with van der Waals surface area (Å²) < 4.78 is 11.0. The van der Waals surface area contributed by atoms with E-state index in [9.17, 15) is 0 Å². The van der Waals surface area contributed by atoms with Crippen LogP contribution in [0.4, 0.5) is 0 Å². The maximum Gasteiger partial charge on any atom is 0.163 e. The van der Waals surface area contributed by atoms with Gasteiger partial charge in [-0.05, 0) is 33.1 Å². The van der Waals surface area contributed by atoms with E-state index in [1.165, 1.54) is 0 Å². The molecule has 0 radical (unpaired) electrons. The van der Waals surface area contributed by atoms with E-state index in [4.69, 9.17) is 14.6 Å². The monoisotopic (exact) mass is 174 g/mol. The highest BCUT2D eigenvalue weighted by Gasteiger charge is 2.28. The minimum atomic E-state index is -0.432. The molecule has 0 aromatic rings. The van der Waals surface area contributed by atoms with E-state index < -0.39 is 5.79 Å². The lowest BCUT2D eigenvalue weighted by atomic mass is 10.1. The molecular formula is C9H18O3. The Morgan fingerprint density at radius 3 is 2.83 bits per heavy atom. The van der Waals surface area contributed by atoms with Crippen molar-refractivity contribution in [3.63, 3.8) is 0 Å². The van der Waals surface area contributed by atoms with Crippen molar-refractivity contribution in [1.82, 2.24) is 0 Å². The van der Waals surface area contributed by atoms with Crippen LogP contribution in [0.5, 0.6) is 0 Å². The molecule has 0 aromatic heterocycles. The highest BCUT2D eigenvalue weighted by molar-refractivity contribution is 4.68. The van der Waals surface area contributed by atoms with Crippen LogP contribution in [-0.2, 0) is 9.47 Å². The average Bonchev–Trinajstić information content (AvgIpc) is 1.99. The van der Waals surface area contributed by atoms with Crippen LogP contribution in [0.15, 0.2) is 0 Å². The summed E-state index contributed by atoms with van der Waals surface area (Å²) in [6, 6.07) is 0. The first-order chi connectivity index (χ1) is 5.64. The molecule has 1 fully saturated rings. The molecule has 0 bridgehead atoms. The lowest BCUT2D eigenvalue weighted by molar-refractivity contribution is -0.274. The van der Waals surface area contributed by atoms with E-state index in [2.05, 4.69) is 0 Å². The number of aliphatic hydroxyl groups excluding tert-OH is 1. The van der Waals surface area contributed by atoms with Crippen molar-refractivity contribution >= 4 is 0 Å². The Kier molecular flexibility index (Phi) is 3.50. The molecule has 0 aromatic carbocycles. The third-order valence-corrected chi connectivity index (χ3v) is 2.02. The SMILES string of the molecule is CC1(C)OCC[C@H](CCCO)O1. The molecule has 72 valence electrons. The Hall–Kier alpha value is -0.120. The fraction of sp³-hybridized carbons (Fsp3) is 1.00. The molecule has 1 rings (SSSR count). The van der Waals surface area contributed by atoms with Crippen molar-refractivity contribution in [2.45, 2.75) is 45.0 Å². The minimum Gasteiger partial charge on any atom is -0.396 e. The zero-order chi connectivity index (χ0) is 9.03. The molecule has 1 aliphatic rings. The third-order valence-electron chi connectivity index (χ3n) is 2.02. The third kappa shape index (κ3) is 3.09. The highest BCUT2D eigenvalue weighted by Crippen LogP contribution is 2.24. The zero-order valence-electron chi connectivity index (χ0n) is 7.88. The lowest BCUT2D eigenvalue weighted by Crippen LogP contribution is -2.39. The first kappa shape index (κ1) is 9.96. The molecule has 3 nitrogen and oxygen atoms in total. The topological polar surface area (TPSA) is 38.7 Å². The predicted molar refractivity (Wildman–Crippen MR) is 45.8 cm³/mol. The Morgan fingerprint density at radius 1 is 1.50 bits per heavy atom. The molecule has 0 aliphatic carbocycles. The van der Waals surface area contributed by atoms with Gasteiger partial charge in [0, 0.05) is 6.61 Å². The van der Waals surface area contributed by atoms with Gasteiger partial charge in [0.05, 0.1) is 12.7 Å². The molecule has 12 heavy (non-hydrogen) atoms. The largest absolute Gasteiger partial charge is 0.396 e. The average molecular weight is 174 g/mol. The summed E-state index contributed by atoms with van der Waals surface area (Å²) in [5.74, 6) is -0.432. The fourth-order valence-corrected chi connectivity index (χ4v) is 1.45. The second kappa shape index (κ2) is 4.21. The van der Waals surface area contributed by atoms with Crippen molar-refractivity contribution in [3.8, 4) is 0 Å². The molecule has 0 spiro atoms.